The predicted octanol–water partition coefficient (Wildman–Crippen LogP) is 4.87. The average Bonchev–Trinajstić information content (AvgIpc) is 2.42. The van der Waals surface area contributed by atoms with Gasteiger partial charge in [-0.15, -0.1) is 6.58 Å². The minimum absolute atomic E-state index is 0.216. The summed E-state index contributed by atoms with van der Waals surface area (Å²) < 4.78 is 5.79. The summed E-state index contributed by atoms with van der Waals surface area (Å²) in [6.45, 7) is 11.2. The molecular formula is C18H29NO. The Labute approximate surface area is 124 Å². The number of benzene rings is 1. The summed E-state index contributed by atoms with van der Waals surface area (Å²) in [5.74, 6) is 0.963. The lowest BCUT2D eigenvalue weighted by atomic mass is 10.0. The van der Waals surface area contributed by atoms with Crippen LogP contribution in [0.25, 0.3) is 0 Å². The summed E-state index contributed by atoms with van der Waals surface area (Å²) in [6, 6.07) is 8.88. The van der Waals surface area contributed by atoms with Gasteiger partial charge in [-0.25, -0.2) is 0 Å². The number of allylic oxidation sites excluding steroid dienone is 1. The Morgan fingerprint density at radius 1 is 1.35 bits per heavy atom. The summed E-state index contributed by atoms with van der Waals surface area (Å²) in [5, 5.41) is 3.64. The maximum Gasteiger partial charge on any atom is 0.120 e. The summed E-state index contributed by atoms with van der Waals surface area (Å²) >= 11 is 0. The average molecular weight is 275 g/mol. The standard InChI is InChI=1S/C18H29NO/c1-5-7-8-12-18(19-13-6-2)16-10-9-11-17(14-16)20-15(3)4/h5,9-11,14-15,18-19H,1,6-8,12-13H2,2-4H3. The van der Waals surface area contributed by atoms with Crippen molar-refractivity contribution < 1.29 is 4.74 Å². The molecule has 1 atom stereocenters. The molecule has 0 spiro atoms. The number of ether oxygens (including phenoxy) is 1. The lowest BCUT2D eigenvalue weighted by Crippen LogP contribution is -2.22. The molecule has 0 saturated heterocycles. The van der Waals surface area contributed by atoms with E-state index < -0.39 is 0 Å². The Morgan fingerprint density at radius 3 is 2.80 bits per heavy atom. The van der Waals surface area contributed by atoms with Crippen molar-refractivity contribution in [2.75, 3.05) is 6.54 Å². The van der Waals surface area contributed by atoms with Gasteiger partial charge < -0.3 is 10.1 Å². The zero-order valence-electron chi connectivity index (χ0n) is 13.2. The molecule has 0 heterocycles. The van der Waals surface area contributed by atoms with Crippen LogP contribution < -0.4 is 10.1 Å². The van der Waals surface area contributed by atoms with Gasteiger partial charge in [-0.3, -0.25) is 0 Å². The van der Waals surface area contributed by atoms with Crippen LogP contribution >= 0.6 is 0 Å². The maximum absolute atomic E-state index is 5.79. The highest BCUT2D eigenvalue weighted by atomic mass is 16.5. The molecule has 1 aromatic rings. The van der Waals surface area contributed by atoms with Crippen molar-refractivity contribution in [3.63, 3.8) is 0 Å². The molecule has 0 aromatic heterocycles. The molecule has 112 valence electrons. The fourth-order valence-corrected chi connectivity index (χ4v) is 2.25. The zero-order valence-corrected chi connectivity index (χ0v) is 13.2. The number of rotatable bonds is 10. The summed E-state index contributed by atoms with van der Waals surface area (Å²) in [4.78, 5) is 0. The van der Waals surface area contributed by atoms with Crippen molar-refractivity contribution in [3.05, 3.63) is 42.5 Å². The molecule has 0 aliphatic carbocycles. The van der Waals surface area contributed by atoms with E-state index >= 15 is 0 Å². The van der Waals surface area contributed by atoms with Gasteiger partial charge in [0.05, 0.1) is 6.10 Å². The van der Waals surface area contributed by atoms with E-state index in [2.05, 4.69) is 50.9 Å². The van der Waals surface area contributed by atoms with Gasteiger partial charge >= 0.3 is 0 Å². The van der Waals surface area contributed by atoms with E-state index in [0.717, 1.165) is 31.6 Å². The van der Waals surface area contributed by atoms with Crippen LogP contribution in [0.1, 0.15) is 58.1 Å². The summed E-state index contributed by atoms with van der Waals surface area (Å²) in [7, 11) is 0. The SMILES string of the molecule is C=CCCCC(NCCC)c1cccc(OC(C)C)c1. The molecule has 0 fully saturated rings. The van der Waals surface area contributed by atoms with Crippen LogP contribution in [-0.2, 0) is 0 Å². The molecule has 2 nitrogen and oxygen atoms in total. The predicted molar refractivity (Wildman–Crippen MR) is 87.3 cm³/mol. The third kappa shape index (κ3) is 6.25. The fourth-order valence-electron chi connectivity index (χ4n) is 2.25. The molecule has 1 unspecified atom stereocenters. The fraction of sp³-hybridized carbons (Fsp3) is 0.556. The van der Waals surface area contributed by atoms with Crippen molar-refractivity contribution in [1.82, 2.24) is 5.32 Å². The maximum atomic E-state index is 5.79. The van der Waals surface area contributed by atoms with Crippen LogP contribution in [0.2, 0.25) is 0 Å². The zero-order chi connectivity index (χ0) is 14.8. The van der Waals surface area contributed by atoms with Gasteiger partial charge in [-0.05, 0) is 63.8 Å². The lowest BCUT2D eigenvalue weighted by Gasteiger charge is -2.20. The number of nitrogens with one attached hydrogen (secondary N) is 1. The minimum atomic E-state index is 0.216. The number of unbranched alkanes of at least 4 members (excludes halogenated alkanes) is 1. The Kier molecular flexibility index (Phi) is 8.05. The quantitative estimate of drug-likeness (QED) is 0.486. The molecule has 1 aromatic carbocycles. The van der Waals surface area contributed by atoms with E-state index in [4.69, 9.17) is 4.74 Å². The first-order valence-electron chi connectivity index (χ1n) is 7.78. The van der Waals surface area contributed by atoms with Gasteiger partial charge in [0.25, 0.3) is 0 Å². The highest BCUT2D eigenvalue weighted by Gasteiger charge is 2.11. The topological polar surface area (TPSA) is 21.3 Å². The van der Waals surface area contributed by atoms with E-state index in [0.29, 0.717) is 6.04 Å². The lowest BCUT2D eigenvalue weighted by molar-refractivity contribution is 0.242. The minimum Gasteiger partial charge on any atom is -0.491 e. The van der Waals surface area contributed by atoms with Crippen LogP contribution in [0.3, 0.4) is 0 Å². The van der Waals surface area contributed by atoms with Crippen molar-refractivity contribution >= 4 is 0 Å². The molecule has 1 N–H and O–H groups in total. The molecule has 0 radical (unpaired) electrons. The normalized spacial score (nSPS) is 12.4. The smallest absolute Gasteiger partial charge is 0.120 e. The van der Waals surface area contributed by atoms with E-state index in [-0.39, 0.29) is 6.10 Å². The van der Waals surface area contributed by atoms with Crippen LogP contribution in [-0.4, -0.2) is 12.6 Å². The summed E-state index contributed by atoms with van der Waals surface area (Å²) in [6.07, 6.45) is 6.74. The van der Waals surface area contributed by atoms with Crippen molar-refractivity contribution in [2.45, 2.75) is 58.6 Å². The molecule has 20 heavy (non-hydrogen) atoms. The Morgan fingerprint density at radius 2 is 2.15 bits per heavy atom. The third-order valence-corrected chi connectivity index (χ3v) is 3.17. The van der Waals surface area contributed by atoms with Gasteiger partial charge in [-0.2, -0.15) is 0 Å². The molecule has 0 amide bonds. The first kappa shape index (κ1) is 16.8. The van der Waals surface area contributed by atoms with Gasteiger partial charge in [0.1, 0.15) is 5.75 Å². The van der Waals surface area contributed by atoms with Crippen molar-refractivity contribution in [2.24, 2.45) is 0 Å². The Balaban J connectivity index is 2.74. The number of hydrogen-bond acceptors (Lipinski definition) is 2. The van der Waals surface area contributed by atoms with Crippen molar-refractivity contribution in [1.29, 1.82) is 0 Å². The van der Waals surface area contributed by atoms with Crippen LogP contribution in [0.5, 0.6) is 5.75 Å². The second-order valence-corrected chi connectivity index (χ2v) is 5.47. The van der Waals surface area contributed by atoms with Crippen LogP contribution in [0, 0.1) is 0 Å². The molecule has 0 saturated carbocycles. The van der Waals surface area contributed by atoms with Gasteiger partial charge in [0, 0.05) is 6.04 Å². The molecule has 0 aliphatic rings. The van der Waals surface area contributed by atoms with Gasteiger partial charge in [0.15, 0.2) is 0 Å². The highest BCUT2D eigenvalue weighted by molar-refractivity contribution is 5.30. The monoisotopic (exact) mass is 275 g/mol. The molecule has 1 rings (SSSR count). The van der Waals surface area contributed by atoms with Gasteiger partial charge in [0.2, 0.25) is 0 Å². The molecule has 0 bridgehead atoms. The van der Waals surface area contributed by atoms with E-state index in [1.807, 2.05) is 12.1 Å². The van der Waals surface area contributed by atoms with E-state index in [1.54, 1.807) is 0 Å². The number of hydrogen-bond donors (Lipinski definition) is 1. The molecular weight excluding hydrogens is 246 g/mol. The van der Waals surface area contributed by atoms with Gasteiger partial charge in [-0.1, -0.05) is 25.1 Å². The largest absolute Gasteiger partial charge is 0.491 e. The summed E-state index contributed by atoms with van der Waals surface area (Å²) in [5.41, 5.74) is 1.32. The van der Waals surface area contributed by atoms with Crippen LogP contribution in [0.4, 0.5) is 0 Å². The van der Waals surface area contributed by atoms with E-state index in [9.17, 15) is 0 Å². The second kappa shape index (κ2) is 9.60. The van der Waals surface area contributed by atoms with Crippen molar-refractivity contribution in [3.8, 4) is 5.75 Å². The first-order chi connectivity index (χ1) is 9.67. The first-order valence-corrected chi connectivity index (χ1v) is 7.78. The second-order valence-electron chi connectivity index (χ2n) is 5.47. The molecule has 0 aliphatic heterocycles. The Hall–Kier alpha value is -1.28. The highest BCUT2D eigenvalue weighted by Crippen LogP contribution is 2.24. The van der Waals surface area contributed by atoms with E-state index in [1.165, 1.54) is 12.0 Å². The van der Waals surface area contributed by atoms with Crippen LogP contribution in [0.15, 0.2) is 36.9 Å². The third-order valence-electron chi connectivity index (χ3n) is 3.17. The molecule has 2 heteroatoms. The Bertz CT molecular complexity index is 387.